The van der Waals surface area contributed by atoms with E-state index in [2.05, 4.69) is 10.0 Å². The predicted molar refractivity (Wildman–Crippen MR) is 102 cm³/mol. The van der Waals surface area contributed by atoms with Crippen LogP contribution in [0, 0.1) is 17.2 Å². The third-order valence-corrected chi connectivity index (χ3v) is 4.90. The van der Waals surface area contributed by atoms with Gasteiger partial charge >= 0.3 is 0 Å². The van der Waals surface area contributed by atoms with Gasteiger partial charge in [-0.2, -0.15) is 5.26 Å². The second-order valence-electron chi connectivity index (χ2n) is 6.25. The molecule has 0 fully saturated rings. The lowest BCUT2D eigenvalue weighted by Gasteiger charge is -2.10. The van der Waals surface area contributed by atoms with Crippen molar-refractivity contribution < 1.29 is 17.9 Å². The molecule has 27 heavy (non-hydrogen) atoms. The fourth-order valence-electron chi connectivity index (χ4n) is 2.09. The van der Waals surface area contributed by atoms with Gasteiger partial charge in [0.2, 0.25) is 10.0 Å². The number of sulfonamides is 1. The van der Waals surface area contributed by atoms with Gasteiger partial charge < -0.3 is 10.1 Å². The highest BCUT2D eigenvalue weighted by molar-refractivity contribution is 7.89. The topological polar surface area (TPSA) is 108 Å². The number of carbonyl (C=O) groups is 1. The van der Waals surface area contributed by atoms with Crippen molar-refractivity contribution in [3.8, 4) is 11.8 Å². The summed E-state index contributed by atoms with van der Waals surface area (Å²) in [6, 6.07) is 14.4. The normalized spacial score (nSPS) is 11.0. The molecule has 7 nitrogen and oxygen atoms in total. The van der Waals surface area contributed by atoms with Crippen molar-refractivity contribution in [1.29, 1.82) is 5.26 Å². The summed E-state index contributed by atoms with van der Waals surface area (Å²) in [4.78, 5) is 12.1. The minimum Gasteiger partial charge on any atom is -0.484 e. The maximum atomic E-state index is 12.1. The van der Waals surface area contributed by atoms with Gasteiger partial charge in [0.1, 0.15) is 5.75 Å². The van der Waals surface area contributed by atoms with Gasteiger partial charge in [-0.25, -0.2) is 13.1 Å². The van der Waals surface area contributed by atoms with Gasteiger partial charge in [0.25, 0.3) is 5.91 Å². The molecule has 1 amide bonds. The molecule has 2 rings (SSSR count). The van der Waals surface area contributed by atoms with Crippen molar-refractivity contribution in [3.05, 3.63) is 54.1 Å². The van der Waals surface area contributed by atoms with Crippen LogP contribution < -0.4 is 14.8 Å². The van der Waals surface area contributed by atoms with Crippen LogP contribution in [0.2, 0.25) is 0 Å². The number of nitrogens with zero attached hydrogens (tertiary/aromatic N) is 1. The Morgan fingerprint density at radius 1 is 1.19 bits per heavy atom. The maximum absolute atomic E-state index is 12.1. The lowest BCUT2D eigenvalue weighted by atomic mass is 10.2. The highest BCUT2D eigenvalue weighted by atomic mass is 32.2. The molecular formula is C19H21N3O4S. The van der Waals surface area contributed by atoms with Crippen molar-refractivity contribution in [1.82, 2.24) is 4.72 Å². The molecule has 8 heteroatoms. The average molecular weight is 387 g/mol. The molecule has 0 aliphatic heterocycles. The zero-order chi connectivity index (χ0) is 19.9. The van der Waals surface area contributed by atoms with Crippen molar-refractivity contribution in [2.75, 3.05) is 18.5 Å². The first kappa shape index (κ1) is 20.4. The average Bonchev–Trinajstić information content (AvgIpc) is 2.65. The number of nitrogens with one attached hydrogen (secondary N) is 2. The molecule has 0 unspecified atom stereocenters. The largest absolute Gasteiger partial charge is 0.484 e. The molecule has 0 aromatic heterocycles. The highest BCUT2D eigenvalue weighted by Gasteiger charge is 2.14. The van der Waals surface area contributed by atoms with E-state index in [0.29, 0.717) is 23.5 Å². The number of amides is 1. The molecule has 0 bridgehead atoms. The highest BCUT2D eigenvalue weighted by Crippen LogP contribution is 2.16. The van der Waals surface area contributed by atoms with Gasteiger partial charge in [0.05, 0.1) is 16.5 Å². The van der Waals surface area contributed by atoms with Crippen molar-refractivity contribution in [3.63, 3.8) is 0 Å². The van der Waals surface area contributed by atoms with Crippen LogP contribution in [0.15, 0.2) is 53.4 Å². The minimum atomic E-state index is -3.56. The molecule has 0 saturated carbocycles. The molecule has 0 heterocycles. The predicted octanol–water partition coefficient (Wildman–Crippen LogP) is 2.51. The van der Waals surface area contributed by atoms with E-state index in [1.807, 2.05) is 19.9 Å². The summed E-state index contributed by atoms with van der Waals surface area (Å²) in [7, 11) is -3.56. The van der Waals surface area contributed by atoms with Crippen LogP contribution in [-0.2, 0) is 14.8 Å². The maximum Gasteiger partial charge on any atom is 0.262 e. The molecule has 142 valence electrons. The van der Waals surface area contributed by atoms with E-state index >= 15 is 0 Å². The van der Waals surface area contributed by atoms with Gasteiger partial charge in [-0.3, -0.25) is 4.79 Å². The summed E-state index contributed by atoms with van der Waals surface area (Å²) in [6.45, 7) is 3.95. The number of hydrogen-bond acceptors (Lipinski definition) is 5. The standard InChI is InChI=1S/C19H21N3O4S/c1-14(2)12-21-27(24,25)18-8-6-17(7-9-18)26-13-19(23)22-16-5-3-4-15(10-16)11-20/h3-10,14,21H,12-13H2,1-2H3,(H,22,23). The van der Waals surface area contributed by atoms with Crippen molar-refractivity contribution in [2.45, 2.75) is 18.7 Å². The molecule has 2 N–H and O–H groups in total. The van der Waals surface area contributed by atoms with E-state index in [1.54, 1.807) is 24.3 Å². The molecule has 0 aliphatic rings. The number of anilines is 1. The smallest absolute Gasteiger partial charge is 0.262 e. The summed E-state index contributed by atoms with van der Waals surface area (Å²) in [5, 5.41) is 11.5. The van der Waals surface area contributed by atoms with E-state index in [4.69, 9.17) is 10.00 Å². The quantitative estimate of drug-likeness (QED) is 0.723. The van der Waals surface area contributed by atoms with Crippen molar-refractivity contribution >= 4 is 21.6 Å². The molecule has 0 aliphatic carbocycles. The third-order valence-electron chi connectivity index (χ3n) is 3.46. The van der Waals surface area contributed by atoms with E-state index < -0.39 is 10.0 Å². The molecule has 0 radical (unpaired) electrons. The lowest BCUT2D eigenvalue weighted by molar-refractivity contribution is -0.118. The van der Waals surface area contributed by atoms with Gasteiger partial charge in [-0.15, -0.1) is 0 Å². The number of benzene rings is 2. The van der Waals surface area contributed by atoms with Crippen LogP contribution in [-0.4, -0.2) is 27.5 Å². The second kappa shape index (κ2) is 9.16. The Kier molecular flexibility index (Phi) is 6.93. The van der Waals surface area contributed by atoms with Gasteiger partial charge in [-0.1, -0.05) is 19.9 Å². The van der Waals surface area contributed by atoms with E-state index in [-0.39, 0.29) is 23.3 Å². The lowest BCUT2D eigenvalue weighted by Crippen LogP contribution is -2.27. The molecular weight excluding hydrogens is 366 g/mol. The fourth-order valence-corrected chi connectivity index (χ4v) is 3.30. The summed E-state index contributed by atoms with van der Waals surface area (Å²) < 4.78 is 32.2. The van der Waals surface area contributed by atoms with E-state index in [0.717, 1.165) is 0 Å². The van der Waals surface area contributed by atoms with E-state index in [1.165, 1.54) is 24.3 Å². The monoisotopic (exact) mass is 387 g/mol. The zero-order valence-corrected chi connectivity index (χ0v) is 15.9. The Hall–Kier alpha value is -2.89. The first-order valence-corrected chi connectivity index (χ1v) is 9.81. The molecule has 0 spiro atoms. The summed E-state index contributed by atoms with van der Waals surface area (Å²) >= 11 is 0. The van der Waals surface area contributed by atoms with Crippen LogP contribution in [0.25, 0.3) is 0 Å². The van der Waals surface area contributed by atoms with Crippen LogP contribution in [0.1, 0.15) is 19.4 Å². The summed E-state index contributed by atoms with van der Waals surface area (Å²) in [6.07, 6.45) is 0. The first-order chi connectivity index (χ1) is 12.8. The van der Waals surface area contributed by atoms with Crippen LogP contribution in [0.4, 0.5) is 5.69 Å². The van der Waals surface area contributed by atoms with Gasteiger partial charge in [0, 0.05) is 12.2 Å². The fraction of sp³-hybridized carbons (Fsp3) is 0.263. The Morgan fingerprint density at radius 2 is 1.89 bits per heavy atom. The number of nitriles is 1. The van der Waals surface area contributed by atoms with Crippen LogP contribution in [0.3, 0.4) is 0 Å². The van der Waals surface area contributed by atoms with Crippen LogP contribution >= 0.6 is 0 Å². The summed E-state index contributed by atoms with van der Waals surface area (Å²) in [5.41, 5.74) is 0.942. The van der Waals surface area contributed by atoms with Crippen LogP contribution in [0.5, 0.6) is 5.75 Å². The first-order valence-electron chi connectivity index (χ1n) is 8.32. The molecule has 0 saturated heterocycles. The number of carbonyl (C=O) groups excluding carboxylic acids is 1. The van der Waals surface area contributed by atoms with Crippen molar-refractivity contribution in [2.24, 2.45) is 5.92 Å². The number of ether oxygens (including phenoxy) is 1. The van der Waals surface area contributed by atoms with E-state index in [9.17, 15) is 13.2 Å². The van der Waals surface area contributed by atoms with Gasteiger partial charge in [-0.05, 0) is 48.4 Å². The second-order valence-corrected chi connectivity index (χ2v) is 8.01. The SMILES string of the molecule is CC(C)CNS(=O)(=O)c1ccc(OCC(=O)Nc2cccc(C#N)c2)cc1. The Balaban J connectivity index is 1.91. The Bertz CT molecular complexity index is 932. The summed E-state index contributed by atoms with van der Waals surface area (Å²) in [5.74, 6) is 0.189. The molecule has 2 aromatic rings. The van der Waals surface area contributed by atoms with Gasteiger partial charge in [0.15, 0.2) is 6.61 Å². The molecule has 2 aromatic carbocycles. The Morgan fingerprint density at radius 3 is 2.52 bits per heavy atom. The zero-order valence-electron chi connectivity index (χ0n) is 15.1. The Labute approximate surface area is 159 Å². The molecule has 0 atom stereocenters. The minimum absolute atomic E-state index is 0.133. The third kappa shape index (κ3) is 6.40. The number of hydrogen-bond donors (Lipinski definition) is 2. The number of rotatable bonds is 8.